The minimum absolute atomic E-state index is 0. The second-order valence-corrected chi connectivity index (χ2v) is 1.92. The summed E-state index contributed by atoms with van der Waals surface area (Å²) in [6.45, 7) is -0.398. The second kappa shape index (κ2) is 6.69. The van der Waals surface area contributed by atoms with Crippen LogP contribution in [-0.4, -0.2) is 71.6 Å². The van der Waals surface area contributed by atoms with Gasteiger partial charge in [0.15, 0.2) is 0 Å². The van der Waals surface area contributed by atoms with Gasteiger partial charge in [-0.1, -0.05) is 0 Å². The SMILES string of the molecule is OCC(O)C(O)P.[Ca+2].[H-].[H-]. The van der Waals surface area contributed by atoms with E-state index in [1.165, 1.54) is 0 Å². The molecular formula is C3H11CaO3P. The maximum atomic E-state index is 8.41. The van der Waals surface area contributed by atoms with Gasteiger partial charge in [0, 0.05) is 0 Å². The third kappa shape index (κ3) is 5.70. The minimum atomic E-state index is -1.02. The van der Waals surface area contributed by atoms with Crippen molar-refractivity contribution in [3.63, 3.8) is 0 Å². The normalized spacial score (nSPS) is 16.5. The van der Waals surface area contributed by atoms with E-state index in [0.29, 0.717) is 0 Å². The van der Waals surface area contributed by atoms with Gasteiger partial charge in [-0.15, -0.1) is 9.24 Å². The molecule has 0 radical (unpaired) electrons. The van der Waals surface area contributed by atoms with Crippen LogP contribution in [-0.2, 0) is 0 Å². The van der Waals surface area contributed by atoms with Crippen molar-refractivity contribution < 1.29 is 18.2 Å². The summed E-state index contributed by atoms with van der Waals surface area (Å²) in [5, 5.41) is 24.9. The van der Waals surface area contributed by atoms with Crippen LogP contribution >= 0.6 is 9.24 Å². The van der Waals surface area contributed by atoms with Crippen LogP contribution in [0, 0.1) is 0 Å². The minimum Gasteiger partial charge on any atom is -1.00 e. The van der Waals surface area contributed by atoms with Crippen LogP contribution in [0.4, 0.5) is 0 Å². The molecule has 3 atom stereocenters. The van der Waals surface area contributed by atoms with E-state index in [-0.39, 0.29) is 40.6 Å². The Bertz CT molecular complexity index is 59.0. The monoisotopic (exact) mass is 166 g/mol. The standard InChI is InChI=1S/C3H9O3P.Ca.2H/c4-1-2(5)3(6)7;;;/h2-6H,1,7H2;;;/q;+2;2*-1. The Morgan fingerprint density at radius 3 is 1.88 bits per heavy atom. The zero-order chi connectivity index (χ0) is 5.86. The van der Waals surface area contributed by atoms with Crippen molar-refractivity contribution in [1.82, 2.24) is 0 Å². The average Bonchev–Trinajstić information content (AvgIpc) is 1.65. The Labute approximate surface area is 83.3 Å². The molecule has 0 aliphatic heterocycles. The molecule has 0 aliphatic carbocycles. The van der Waals surface area contributed by atoms with E-state index in [9.17, 15) is 0 Å². The molecule has 0 spiro atoms. The van der Waals surface area contributed by atoms with Gasteiger partial charge >= 0.3 is 37.7 Å². The molecule has 8 heavy (non-hydrogen) atoms. The predicted molar refractivity (Wildman–Crippen MR) is 36.8 cm³/mol. The Morgan fingerprint density at radius 1 is 1.50 bits per heavy atom. The Balaban J connectivity index is -0.0000000600. The van der Waals surface area contributed by atoms with Gasteiger partial charge in [0.1, 0.15) is 6.10 Å². The Kier molecular flexibility index (Phi) is 10.3. The fourth-order valence-corrected chi connectivity index (χ4v) is 0.230. The van der Waals surface area contributed by atoms with E-state index in [1.807, 2.05) is 9.24 Å². The van der Waals surface area contributed by atoms with Crippen LogP contribution in [0.25, 0.3) is 0 Å². The first-order chi connectivity index (χ1) is 3.18. The molecule has 48 valence electrons. The quantitative estimate of drug-likeness (QED) is 0.341. The van der Waals surface area contributed by atoms with Gasteiger partial charge in [-0.05, 0) is 0 Å². The molecule has 0 aliphatic rings. The fraction of sp³-hybridized carbons (Fsp3) is 1.00. The van der Waals surface area contributed by atoms with E-state index in [2.05, 4.69) is 0 Å². The average molecular weight is 166 g/mol. The maximum Gasteiger partial charge on any atom is 2.00 e. The van der Waals surface area contributed by atoms with E-state index in [0.717, 1.165) is 0 Å². The van der Waals surface area contributed by atoms with Gasteiger partial charge in [0.25, 0.3) is 0 Å². The number of aliphatic hydroxyl groups is 3. The maximum absolute atomic E-state index is 8.41. The van der Waals surface area contributed by atoms with Gasteiger partial charge in [0.05, 0.1) is 12.5 Å². The van der Waals surface area contributed by atoms with Crippen LogP contribution in [0.15, 0.2) is 0 Å². The van der Waals surface area contributed by atoms with Crippen LogP contribution in [0.2, 0.25) is 0 Å². The first-order valence-corrected chi connectivity index (χ1v) is 2.57. The summed E-state index contributed by atoms with van der Waals surface area (Å²) in [6.07, 6.45) is -1.02. The number of hydrogen-bond acceptors (Lipinski definition) is 3. The van der Waals surface area contributed by atoms with E-state index < -0.39 is 18.6 Å². The molecule has 5 heteroatoms. The third-order valence-electron chi connectivity index (χ3n) is 0.581. The zero-order valence-corrected chi connectivity index (χ0v) is 7.85. The molecule has 3 N–H and O–H groups in total. The Hall–Kier alpha value is 1.57. The molecule has 3 nitrogen and oxygen atoms in total. The summed E-state index contributed by atoms with van der Waals surface area (Å²) in [7, 11) is 1.96. The van der Waals surface area contributed by atoms with Crippen molar-refractivity contribution in [2.24, 2.45) is 0 Å². The van der Waals surface area contributed by atoms with Crippen molar-refractivity contribution >= 4 is 47.0 Å². The van der Waals surface area contributed by atoms with Crippen LogP contribution < -0.4 is 0 Å². The summed E-state index contributed by atoms with van der Waals surface area (Å²) >= 11 is 0. The smallest absolute Gasteiger partial charge is 1.00 e. The molecule has 0 aromatic carbocycles. The van der Waals surface area contributed by atoms with Crippen molar-refractivity contribution in [1.29, 1.82) is 0 Å². The number of rotatable bonds is 2. The first kappa shape index (κ1) is 12.3. The van der Waals surface area contributed by atoms with Gasteiger partial charge in [-0.2, -0.15) is 0 Å². The largest absolute Gasteiger partial charge is 2.00 e. The summed E-state index contributed by atoms with van der Waals surface area (Å²) in [5.41, 5.74) is 0. The summed E-state index contributed by atoms with van der Waals surface area (Å²) in [6, 6.07) is 0. The molecule has 0 heterocycles. The molecule has 0 bridgehead atoms. The summed E-state index contributed by atoms with van der Waals surface area (Å²) < 4.78 is 0. The van der Waals surface area contributed by atoms with Crippen LogP contribution in [0.3, 0.4) is 0 Å². The Morgan fingerprint density at radius 2 is 1.88 bits per heavy atom. The molecule has 0 rings (SSSR count). The van der Waals surface area contributed by atoms with Crippen LogP contribution in [0.5, 0.6) is 0 Å². The van der Waals surface area contributed by atoms with Crippen molar-refractivity contribution in [3.05, 3.63) is 0 Å². The first-order valence-electron chi connectivity index (χ1n) is 1.91. The summed E-state index contributed by atoms with van der Waals surface area (Å²) in [4.78, 5) is 0. The molecule has 3 unspecified atom stereocenters. The van der Waals surface area contributed by atoms with E-state index in [4.69, 9.17) is 15.3 Å². The summed E-state index contributed by atoms with van der Waals surface area (Å²) in [5.74, 6) is -0.912. The molecule has 0 saturated heterocycles. The molecule has 0 saturated carbocycles. The number of hydrogen-bond donors (Lipinski definition) is 3. The second-order valence-electron chi connectivity index (χ2n) is 1.24. The molecule has 0 aromatic rings. The molecule has 0 fully saturated rings. The van der Waals surface area contributed by atoms with Gasteiger partial charge in [-0.3, -0.25) is 0 Å². The number of aliphatic hydroxyl groups excluding tert-OH is 3. The molecule has 0 amide bonds. The van der Waals surface area contributed by atoms with Gasteiger partial charge in [0.2, 0.25) is 0 Å². The van der Waals surface area contributed by atoms with Crippen molar-refractivity contribution in [3.8, 4) is 0 Å². The van der Waals surface area contributed by atoms with E-state index in [1.54, 1.807) is 0 Å². The van der Waals surface area contributed by atoms with Crippen LogP contribution in [0.1, 0.15) is 2.85 Å². The van der Waals surface area contributed by atoms with Crippen molar-refractivity contribution in [2.75, 3.05) is 6.61 Å². The zero-order valence-electron chi connectivity index (χ0n) is 6.49. The van der Waals surface area contributed by atoms with Gasteiger partial charge in [-0.25, -0.2) is 0 Å². The topological polar surface area (TPSA) is 60.7 Å². The molecular weight excluding hydrogens is 155 g/mol. The predicted octanol–water partition coefficient (Wildman–Crippen LogP) is -1.62. The third-order valence-corrected chi connectivity index (χ3v) is 1.03. The van der Waals surface area contributed by atoms with Crippen molar-refractivity contribution in [2.45, 2.75) is 11.9 Å². The van der Waals surface area contributed by atoms with Gasteiger partial charge < -0.3 is 18.2 Å². The molecule has 0 aromatic heterocycles. The van der Waals surface area contributed by atoms with E-state index >= 15 is 0 Å². The fourth-order valence-electron chi connectivity index (χ4n) is 0.108.